The minimum Gasteiger partial charge on any atom is -0.195 e. The monoisotopic (exact) mass is 310 g/mol. The van der Waals surface area contributed by atoms with E-state index in [1.807, 2.05) is 47.2 Å². The molecule has 9 heteroatoms. The maximum Gasteiger partial charge on any atom is 0.205 e. The van der Waals surface area contributed by atoms with E-state index in [2.05, 4.69) is 30.9 Å². The first kappa shape index (κ1) is 12.8. The summed E-state index contributed by atoms with van der Waals surface area (Å²) in [5.41, 5.74) is 1.85. The van der Waals surface area contributed by atoms with Gasteiger partial charge in [-0.1, -0.05) is 18.2 Å². The molecule has 4 aromatic rings. The molecular formula is C13H10N8S. The van der Waals surface area contributed by atoms with Crippen molar-refractivity contribution in [2.75, 3.05) is 0 Å². The van der Waals surface area contributed by atoms with Gasteiger partial charge in [-0.3, -0.25) is 0 Å². The highest BCUT2D eigenvalue weighted by Crippen LogP contribution is 2.16. The molecule has 0 bridgehead atoms. The van der Waals surface area contributed by atoms with E-state index in [1.165, 1.54) is 4.80 Å². The zero-order chi connectivity index (χ0) is 14.8. The summed E-state index contributed by atoms with van der Waals surface area (Å²) in [7, 11) is 0. The molecule has 8 nitrogen and oxygen atoms in total. The molecule has 3 aromatic heterocycles. The summed E-state index contributed by atoms with van der Waals surface area (Å²) in [6, 6.07) is 11.6. The topological polar surface area (TPSA) is 87.2 Å². The molecule has 1 aromatic carbocycles. The van der Waals surface area contributed by atoms with Crippen LogP contribution in [0.5, 0.6) is 0 Å². The normalized spacial score (nSPS) is 10.9. The molecule has 3 heterocycles. The number of hydrogen-bond donors (Lipinski definition) is 0. The summed E-state index contributed by atoms with van der Waals surface area (Å²) in [5, 5.41) is 28.2. The largest absolute Gasteiger partial charge is 0.205 e. The van der Waals surface area contributed by atoms with Gasteiger partial charge < -0.3 is 0 Å². The van der Waals surface area contributed by atoms with Gasteiger partial charge in [0.15, 0.2) is 5.82 Å². The smallest absolute Gasteiger partial charge is 0.195 e. The van der Waals surface area contributed by atoms with E-state index < -0.39 is 0 Å². The first-order valence-corrected chi connectivity index (χ1v) is 7.47. The number of thiophene rings is 1. The zero-order valence-corrected chi connectivity index (χ0v) is 12.1. The molecule has 0 aliphatic heterocycles. The van der Waals surface area contributed by atoms with Crippen LogP contribution in [0.25, 0.3) is 17.1 Å². The molecule has 0 N–H and O–H groups in total. The Hall–Kier alpha value is -2.94. The summed E-state index contributed by atoms with van der Waals surface area (Å²) < 4.78 is 1.66. The fraction of sp³-hybridized carbons (Fsp3) is 0.0769. The van der Waals surface area contributed by atoms with Crippen LogP contribution in [0.1, 0.15) is 5.82 Å². The van der Waals surface area contributed by atoms with Crippen molar-refractivity contribution < 1.29 is 0 Å². The van der Waals surface area contributed by atoms with Crippen LogP contribution >= 0.6 is 11.3 Å². The van der Waals surface area contributed by atoms with Gasteiger partial charge in [-0.05, 0) is 39.2 Å². The lowest BCUT2D eigenvalue weighted by molar-refractivity contribution is 0.545. The van der Waals surface area contributed by atoms with E-state index in [4.69, 9.17) is 0 Å². The maximum atomic E-state index is 4.35. The molecule has 0 radical (unpaired) electrons. The Morgan fingerprint density at radius 2 is 1.91 bits per heavy atom. The summed E-state index contributed by atoms with van der Waals surface area (Å²) in [6.07, 6.45) is 0. The number of para-hydroxylation sites is 1. The lowest BCUT2D eigenvalue weighted by Gasteiger charge is -2.02. The van der Waals surface area contributed by atoms with Crippen molar-refractivity contribution in [3.05, 3.63) is 53.0 Å². The number of tetrazole rings is 2. The van der Waals surface area contributed by atoms with Crippen LogP contribution in [0, 0.1) is 0 Å². The highest BCUT2D eigenvalue weighted by molar-refractivity contribution is 7.08. The molecule has 0 saturated carbocycles. The molecule has 0 spiro atoms. The Morgan fingerprint density at radius 1 is 1.00 bits per heavy atom. The van der Waals surface area contributed by atoms with Crippen LogP contribution in [0.2, 0.25) is 0 Å². The maximum absolute atomic E-state index is 4.35. The molecule has 108 valence electrons. The molecular weight excluding hydrogens is 300 g/mol. The van der Waals surface area contributed by atoms with Crippen molar-refractivity contribution in [2.24, 2.45) is 0 Å². The highest BCUT2D eigenvalue weighted by Gasteiger charge is 2.12. The first-order valence-electron chi connectivity index (χ1n) is 6.53. The standard InChI is InChI=1S/C13H10N8S/c1-2-4-11(5-3-1)21-12(14-17-19-21)8-20-16-13(15-18-20)10-6-7-22-9-10/h1-7,9H,8H2. The lowest BCUT2D eigenvalue weighted by atomic mass is 10.3. The van der Waals surface area contributed by atoms with Crippen molar-refractivity contribution in [1.82, 2.24) is 40.4 Å². The quantitative estimate of drug-likeness (QED) is 0.566. The van der Waals surface area contributed by atoms with E-state index in [9.17, 15) is 0 Å². The van der Waals surface area contributed by atoms with Gasteiger partial charge in [-0.15, -0.1) is 15.3 Å². The van der Waals surface area contributed by atoms with Gasteiger partial charge in [-0.2, -0.15) is 20.8 Å². The molecule has 0 amide bonds. The van der Waals surface area contributed by atoms with Gasteiger partial charge in [0.1, 0.15) is 6.54 Å². The predicted molar refractivity (Wildman–Crippen MR) is 79.4 cm³/mol. The second-order valence-corrected chi connectivity index (χ2v) is 5.28. The molecule has 0 fully saturated rings. The van der Waals surface area contributed by atoms with Crippen molar-refractivity contribution in [1.29, 1.82) is 0 Å². The SMILES string of the molecule is c1ccc(-n2nnnc2Cn2nnc(-c3ccsc3)n2)cc1. The van der Waals surface area contributed by atoms with Crippen LogP contribution in [0.4, 0.5) is 0 Å². The van der Waals surface area contributed by atoms with Crippen LogP contribution in [-0.4, -0.2) is 40.4 Å². The molecule has 0 unspecified atom stereocenters. The van der Waals surface area contributed by atoms with Crippen molar-refractivity contribution in [2.45, 2.75) is 6.54 Å². The van der Waals surface area contributed by atoms with Crippen molar-refractivity contribution in [3.63, 3.8) is 0 Å². The number of aromatic nitrogens is 8. The van der Waals surface area contributed by atoms with E-state index in [1.54, 1.807) is 16.0 Å². The fourth-order valence-electron chi connectivity index (χ4n) is 2.02. The van der Waals surface area contributed by atoms with Gasteiger partial charge in [0.25, 0.3) is 0 Å². The predicted octanol–water partition coefficient (Wildman–Crippen LogP) is 1.43. The third-order valence-electron chi connectivity index (χ3n) is 3.05. The number of benzene rings is 1. The Bertz CT molecular complexity index is 864. The minimum absolute atomic E-state index is 0.346. The Kier molecular flexibility index (Phi) is 3.16. The molecule has 0 saturated heterocycles. The van der Waals surface area contributed by atoms with E-state index >= 15 is 0 Å². The van der Waals surface area contributed by atoms with Crippen molar-refractivity contribution >= 4 is 11.3 Å². The third kappa shape index (κ3) is 2.37. The number of rotatable bonds is 4. The second kappa shape index (κ2) is 5.45. The summed E-state index contributed by atoms with van der Waals surface area (Å²) >= 11 is 1.60. The molecule has 0 aliphatic carbocycles. The van der Waals surface area contributed by atoms with Crippen LogP contribution < -0.4 is 0 Å². The van der Waals surface area contributed by atoms with E-state index in [-0.39, 0.29) is 0 Å². The van der Waals surface area contributed by atoms with Gasteiger partial charge in [0.2, 0.25) is 5.82 Å². The molecule has 0 atom stereocenters. The molecule has 22 heavy (non-hydrogen) atoms. The Labute approximate surface area is 129 Å². The van der Waals surface area contributed by atoms with E-state index in [0.29, 0.717) is 18.2 Å². The van der Waals surface area contributed by atoms with Crippen LogP contribution in [0.15, 0.2) is 47.2 Å². The summed E-state index contributed by atoms with van der Waals surface area (Å²) in [4.78, 5) is 1.48. The average molecular weight is 310 g/mol. The second-order valence-electron chi connectivity index (χ2n) is 4.50. The van der Waals surface area contributed by atoms with Crippen molar-refractivity contribution in [3.8, 4) is 17.1 Å². The van der Waals surface area contributed by atoms with Gasteiger partial charge in [-0.25, -0.2) is 0 Å². The minimum atomic E-state index is 0.346. The fourth-order valence-corrected chi connectivity index (χ4v) is 2.65. The summed E-state index contributed by atoms with van der Waals surface area (Å²) in [5.74, 6) is 1.24. The first-order chi connectivity index (χ1) is 10.9. The summed E-state index contributed by atoms with van der Waals surface area (Å²) in [6.45, 7) is 0.346. The Balaban J connectivity index is 1.61. The number of hydrogen-bond acceptors (Lipinski definition) is 7. The van der Waals surface area contributed by atoms with Crippen LogP contribution in [-0.2, 0) is 6.54 Å². The molecule has 4 rings (SSSR count). The number of nitrogens with zero attached hydrogens (tertiary/aromatic N) is 8. The Morgan fingerprint density at radius 3 is 2.73 bits per heavy atom. The van der Waals surface area contributed by atoms with Gasteiger partial charge in [0.05, 0.1) is 5.69 Å². The third-order valence-corrected chi connectivity index (χ3v) is 3.73. The van der Waals surface area contributed by atoms with Gasteiger partial charge >= 0.3 is 0 Å². The average Bonchev–Trinajstić information content (AvgIpc) is 3.30. The molecule has 0 aliphatic rings. The zero-order valence-electron chi connectivity index (χ0n) is 11.3. The lowest BCUT2D eigenvalue weighted by Crippen LogP contribution is -2.11. The van der Waals surface area contributed by atoms with Gasteiger partial charge in [0, 0.05) is 10.9 Å². The van der Waals surface area contributed by atoms with Crippen LogP contribution in [0.3, 0.4) is 0 Å². The highest BCUT2D eigenvalue weighted by atomic mass is 32.1. The van der Waals surface area contributed by atoms with E-state index in [0.717, 1.165) is 11.3 Å².